The van der Waals surface area contributed by atoms with Gasteiger partial charge in [-0.05, 0) is 36.5 Å². The fourth-order valence-corrected chi connectivity index (χ4v) is 3.96. The molecule has 0 radical (unpaired) electrons. The largest absolute Gasteiger partial charge is 0.496 e. The Morgan fingerprint density at radius 2 is 2.04 bits per heavy atom. The zero-order chi connectivity index (χ0) is 15.6. The summed E-state index contributed by atoms with van der Waals surface area (Å²) in [5, 5.41) is 0. The molecule has 0 aliphatic carbocycles. The van der Waals surface area contributed by atoms with E-state index in [4.69, 9.17) is 4.74 Å². The number of hydrogen-bond acceptors (Lipinski definition) is 3. The van der Waals surface area contributed by atoms with E-state index < -0.39 is 0 Å². The van der Waals surface area contributed by atoms with Gasteiger partial charge in [-0.15, -0.1) is 0 Å². The third-order valence-electron chi connectivity index (χ3n) is 5.09. The highest BCUT2D eigenvalue weighted by Crippen LogP contribution is 2.41. The third kappa shape index (κ3) is 2.77. The number of hydrogen-bond donors (Lipinski definition) is 0. The molecule has 0 spiro atoms. The molecule has 2 aliphatic rings. The molecule has 3 heterocycles. The van der Waals surface area contributed by atoms with Gasteiger partial charge >= 0.3 is 0 Å². The number of rotatable bonds is 4. The number of ether oxygens (including phenoxy) is 1. The fourth-order valence-electron chi connectivity index (χ4n) is 3.96. The molecule has 1 aromatic heterocycles. The lowest BCUT2D eigenvalue weighted by molar-refractivity contribution is 0.203. The van der Waals surface area contributed by atoms with Crippen LogP contribution >= 0.6 is 0 Å². The Labute approximate surface area is 137 Å². The summed E-state index contributed by atoms with van der Waals surface area (Å²) in [7, 11) is 1.73. The van der Waals surface area contributed by atoms with Gasteiger partial charge in [-0.3, -0.25) is 9.88 Å². The van der Waals surface area contributed by atoms with E-state index in [1.54, 1.807) is 13.3 Å². The van der Waals surface area contributed by atoms with E-state index in [1.165, 1.54) is 24.0 Å². The first kappa shape index (κ1) is 14.5. The van der Waals surface area contributed by atoms with Crippen molar-refractivity contribution in [2.75, 3.05) is 7.11 Å². The maximum atomic E-state index is 5.52. The van der Waals surface area contributed by atoms with Crippen LogP contribution in [0.3, 0.4) is 0 Å². The average Bonchev–Trinajstić information content (AvgIpc) is 2.84. The van der Waals surface area contributed by atoms with Crippen LogP contribution in [0, 0.1) is 0 Å². The Kier molecular flexibility index (Phi) is 3.88. The zero-order valence-corrected chi connectivity index (χ0v) is 13.5. The topological polar surface area (TPSA) is 25.4 Å². The summed E-state index contributed by atoms with van der Waals surface area (Å²) in [5.74, 6) is 0.933. The van der Waals surface area contributed by atoms with Gasteiger partial charge in [0.1, 0.15) is 5.75 Å². The quantitative estimate of drug-likeness (QED) is 0.856. The Bertz CT molecular complexity index is 711. The first-order valence-corrected chi connectivity index (χ1v) is 8.34. The van der Waals surface area contributed by atoms with Crippen LogP contribution in [0.1, 0.15) is 30.4 Å². The molecule has 2 aromatic rings. The normalized spacial score (nSPS) is 23.6. The van der Waals surface area contributed by atoms with E-state index in [1.807, 2.05) is 12.3 Å². The maximum absolute atomic E-state index is 5.52. The molecule has 118 valence electrons. The van der Waals surface area contributed by atoms with Crippen LogP contribution in [0.4, 0.5) is 0 Å². The number of pyridine rings is 1. The van der Waals surface area contributed by atoms with Crippen LogP contribution in [0.5, 0.6) is 5.75 Å². The first-order chi connectivity index (χ1) is 11.3. The lowest BCUT2D eigenvalue weighted by Gasteiger charge is -2.34. The molecule has 0 amide bonds. The number of benzene rings is 1. The smallest absolute Gasteiger partial charge is 0.129 e. The third-order valence-corrected chi connectivity index (χ3v) is 5.09. The van der Waals surface area contributed by atoms with E-state index in [0.717, 1.165) is 24.3 Å². The van der Waals surface area contributed by atoms with Crippen LogP contribution in [0.25, 0.3) is 5.57 Å². The van der Waals surface area contributed by atoms with Gasteiger partial charge in [0.05, 0.1) is 7.11 Å². The van der Waals surface area contributed by atoms with Crippen molar-refractivity contribution in [1.29, 1.82) is 0 Å². The van der Waals surface area contributed by atoms with Crippen molar-refractivity contribution in [2.24, 2.45) is 0 Å². The molecule has 3 heteroatoms. The second kappa shape index (κ2) is 6.17. The number of aromatic nitrogens is 1. The van der Waals surface area contributed by atoms with Gasteiger partial charge in [0.25, 0.3) is 0 Å². The van der Waals surface area contributed by atoms with Gasteiger partial charge in [-0.2, -0.15) is 0 Å². The number of methoxy groups -OCH3 is 1. The highest BCUT2D eigenvalue weighted by Gasteiger charge is 2.37. The monoisotopic (exact) mass is 306 g/mol. The Morgan fingerprint density at radius 1 is 1.17 bits per heavy atom. The molecule has 1 saturated heterocycles. The molecule has 2 bridgehead atoms. The van der Waals surface area contributed by atoms with E-state index in [9.17, 15) is 0 Å². The van der Waals surface area contributed by atoms with Crippen LogP contribution in [0.15, 0.2) is 54.9 Å². The second-order valence-corrected chi connectivity index (χ2v) is 6.43. The van der Waals surface area contributed by atoms with Crippen LogP contribution in [-0.4, -0.2) is 29.1 Å². The molecular weight excluding hydrogens is 284 g/mol. The van der Waals surface area contributed by atoms with Crippen molar-refractivity contribution >= 4 is 5.57 Å². The predicted molar refractivity (Wildman–Crippen MR) is 92.2 cm³/mol. The van der Waals surface area contributed by atoms with Crippen molar-refractivity contribution in [3.05, 3.63) is 66.0 Å². The standard InChI is InChI=1S/C20H22N2O/c1-23-20-9-10-21-13-19(20)16-11-17-7-8-18(12-16)22(17)14-15-5-3-2-4-6-15/h2-6,9-11,13,17-18H,7-8,12,14H2,1H3. The first-order valence-electron chi connectivity index (χ1n) is 8.34. The summed E-state index contributed by atoms with van der Waals surface area (Å²) in [6.07, 6.45) is 9.79. The summed E-state index contributed by atoms with van der Waals surface area (Å²) in [5.41, 5.74) is 3.96. The van der Waals surface area contributed by atoms with Gasteiger partial charge in [-0.1, -0.05) is 36.4 Å². The van der Waals surface area contributed by atoms with Gasteiger partial charge in [0.2, 0.25) is 0 Å². The summed E-state index contributed by atoms with van der Waals surface area (Å²) in [6, 6.07) is 13.9. The van der Waals surface area contributed by atoms with E-state index in [0.29, 0.717) is 12.1 Å². The summed E-state index contributed by atoms with van der Waals surface area (Å²) >= 11 is 0. The Balaban J connectivity index is 1.59. The SMILES string of the molecule is COc1ccncc1C1=CC2CCC(C1)N2Cc1ccccc1. The van der Waals surface area contributed by atoms with Gasteiger partial charge in [0, 0.05) is 36.6 Å². The van der Waals surface area contributed by atoms with Crippen molar-refractivity contribution in [2.45, 2.75) is 37.9 Å². The molecule has 2 unspecified atom stereocenters. The molecular formula is C20H22N2O. The summed E-state index contributed by atoms with van der Waals surface area (Å²) in [6.45, 7) is 1.05. The lowest BCUT2D eigenvalue weighted by Crippen LogP contribution is -2.37. The van der Waals surface area contributed by atoms with Gasteiger partial charge in [0.15, 0.2) is 0 Å². The summed E-state index contributed by atoms with van der Waals surface area (Å²) in [4.78, 5) is 6.95. The minimum absolute atomic E-state index is 0.536. The lowest BCUT2D eigenvalue weighted by atomic mass is 9.94. The second-order valence-electron chi connectivity index (χ2n) is 6.43. The van der Waals surface area contributed by atoms with Crippen LogP contribution in [0.2, 0.25) is 0 Å². The predicted octanol–water partition coefficient (Wildman–Crippen LogP) is 3.91. The number of fused-ring (bicyclic) bond motifs is 2. The average molecular weight is 306 g/mol. The molecule has 1 fully saturated rings. The highest BCUT2D eigenvalue weighted by atomic mass is 16.5. The summed E-state index contributed by atoms with van der Waals surface area (Å²) < 4.78 is 5.52. The molecule has 2 atom stereocenters. The maximum Gasteiger partial charge on any atom is 0.129 e. The number of nitrogens with zero attached hydrogens (tertiary/aromatic N) is 2. The molecule has 0 saturated carbocycles. The van der Waals surface area contributed by atoms with E-state index in [2.05, 4.69) is 46.3 Å². The molecule has 23 heavy (non-hydrogen) atoms. The fraction of sp³-hybridized carbons (Fsp3) is 0.350. The van der Waals surface area contributed by atoms with Crippen molar-refractivity contribution in [1.82, 2.24) is 9.88 Å². The van der Waals surface area contributed by atoms with Crippen molar-refractivity contribution < 1.29 is 4.74 Å². The van der Waals surface area contributed by atoms with Crippen LogP contribution in [-0.2, 0) is 6.54 Å². The van der Waals surface area contributed by atoms with Gasteiger partial charge < -0.3 is 4.74 Å². The van der Waals surface area contributed by atoms with Crippen molar-refractivity contribution in [3.63, 3.8) is 0 Å². The molecule has 0 N–H and O–H groups in total. The Morgan fingerprint density at radius 3 is 2.83 bits per heavy atom. The molecule has 1 aromatic carbocycles. The molecule has 4 rings (SSSR count). The Hall–Kier alpha value is -2.13. The van der Waals surface area contributed by atoms with Crippen molar-refractivity contribution in [3.8, 4) is 5.75 Å². The molecule has 3 nitrogen and oxygen atoms in total. The zero-order valence-electron chi connectivity index (χ0n) is 13.5. The van der Waals surface area contributed by atoms with E-state index in [-0.39, 0.29) is 0 Å². The minimum Gasteiger partial charge on any atom is -0.496 e. The molecule has 2 aliphatic heterocycles. The van der Waals surface area contributed by atoms with Gasteiger partial charge in [-0.25, -0.2) is 0 Å². The van der Waals surface area contributed by atoms with Crippen LogP contribution < -0.4 is 4.74 Å². The van der Waals surface area contributed by atoms with E-state index >= 15 is 0 Å². The minimum atomic E-state index is 0.536. The highest BCUT2D eigenvalue weighted by molar-refractivity contribution is 5.71.